The molecule has 0 saturated carbocycles. The third kappa shape index (κ3) is 5.49. The van der Waals surface area contributed by atoms with Gasteiger partial charge in [0.1, 0.15) is 5.75 Å². The van der Waals surface area contributed by atoms with Crippen LogP contribution in [0.2, 0.25) is 0 Å². The van der Waals surface area contributed by atoms with E-state index in [1.54, 1.807) is 12.1 Å². The molecule has 0 aromatic heterocycles. The molecule has 1 aromatic carbocycles. The van der Waals surface area contributed by atoms with Gasteiger partial charge in [0.25, 0.3) is 0 Å². The summed E-state index contributed by atoms with van der Waals surface area (Å²) in [6.45, 7) is 2.86. The van der Waals surface area contributed by atoms with E-state index in [-0.39, 0.29) is 10.8 Å². The van der Waals surface area contributed by atoms with E-state index >= 15 is 0 Å². The molecule has 1 aliphatic heterocycles. The summed E-state index contributed by atoms with van der Waals surface area (Å²) in [6.07, 6.45) is 3.71. The summed E-state index contributed by atoms with van der Waals surface area (Å²) in [5.74, 6) is 1.21. The number of piperidine rings is 1. The quantitative estimate of drug-likeness (QED) is 0.799. The number of nitrogens with zero attached hydrogens (tertiary/aromatic N) is 1. The van der Waals surface area contributed by atoms with Crippen LogP contribution in [0.4, 0.5) is 0 Å². The Hall–Kier alpha value is -1.60. The zero-order chi connectivity index (χ0) is 17.6. The van der Waals surface area contributed by atoms with Crippen molar-refractivity contribution in [2.45, 2.75) is 24.2 Å². The molecule has 0 aliphatic carbocycles. The van der Waals surface area contributed by atoms with Gasteiger partial charge in [-0.1, -0.05) is 0 Å². The van der Waals surface area contributed by atoms with E-state index in [9.17, 15) is 13.2 Å². The summed E-state index contributed by atoms with van der Waals surface area (Å²) in [6, 6.07) is 6.26. The number of rotatable bonds is 7. The maximum absolute atomic E-state index is 12.3. The topological polar surface area (TPSA) is 75.7 Å². The molecule has 6 nitrogen and oxygen atoms in total. The van der Waals surface area contributed by atoms with Crippen LogP contribution in [-0.4, -0.2) is 58.8 Å². The van der Waals surface area contributed by atoms with Crippen LogP contribution >= 0.6 is 0 Å². The fourth-order valence-corrected chi connectivity index (χ4v) is 3.57. The van der Waals surface area contributed by atoms with Crippen LogP contribution in [0, 0.1) is 5.92 Å². The lowest BCUT2D eigenvalue weighted by atomic mass is 9.98. The number of hydrogen-bond acceptors (Lipinski definition) is 5. The summed E-state index contributed by atoms with van der Waals surface area (Å²) < 4.78 is 28.4. The Labute approximate surface area is 144 Å². The molecule has 2 rings (SSSR count). The fraction of sp³-hybridized carbons (Fsp3) is 0.588. The van der Waals surface area contributed by atoms with Crippen LogP contribution in [-0.2, 0) is 14.6 Å². The molecule has 1 heterocycles. The first-order valence-corrected chi connectivity index (χ1v) is 10.1. The maximum Gasteiger partial charge on any atom is 0.226 e. The van der Waals surface area contributed by atoms with Gasteiger partial charge in [0.2, 0.25) is 5.91 Å². The van der Waals surface area contributed by atoms with Crippen LogP contribution in [0.15, 0.2) is 29.2 Å². The Morgan fingerprint density at radius 2 is 2.04 bits per heavy atom. The maximum atomic E-state index is 12.3. The van der Waals surface area contributed by atoms with Crippen LogP contribution in [0.3, 0.4) is 0 Å². The monoisotopic (exact) mass is 354 g/mol. The summed E-state index contributed by atoms with van der Waals surface area (Å²) in [5, 5.41) is 3.17. The highest BCUT2D eigenvalue weighted by Gasteiger charge is 2.22. The lowest BCUT2D eigenvalue weighted by molar-refractivity contribution is -0.133. The predicted octanol–water partition coefficient (Wildman–Crippen LogP) is 1.32. The highest BCUT2D eigenvalue weighted by atomic mass is 32.2. The van der Waals surface area contributed by atoms with Gasteiger partial charge in [-0.05, 0) is 56.6 Å². The number of sulfone groups is 1. The molecule has 1 N–H and O–H groups in total. The molecule has 0 spiro atoms. The minimum absolute atomic E-state index is 0.114. The zero-order valence-electron chi connectivity index (χ0n) is 14.3. The lowest BCUT2D eigenvalue weighted by Gasteiger charge is -2.32. The molecule has 7 heteroatoms. The number of nitrogens with one attached hydrogen (secondary N) is 1. The van der Waals surface area contributed by atoms with Gasteiger partial charge < -0.3 is 15.0 Å². The smallest absolute Gasteiger partial charge is 0.226 e. The van der Waals surface area contributed by atoms with E-state index in [1.807, 2.05) is 11.9 Å². The van der Waals surface area contributed by atoms with E-state index < -0.39 is 9.84 Å². The second-order valence-electron chi connectivity index (χ2n) is 6.25. The third-order valence-corrected chi connectivity index (χ3v) is 5.33. The van der Waals surface area contributed by atoms with Gasteiger partial charge in [0.15, 0.2) is 9.84 Å². The Balaban J connectivity index is 1.78. The van der Waals surface area contributed by atoms with E-state index in [1.165, 1.54) is 18.4 Å². The second-order valence-corrected chi connectivity index (χ2v) is 8.26. The minimum Gasteiger partial charge on any atom is -0.493 e. The van der Waals surface area contributed by atoms with Crippen LogP contribution < -0.4 is 10.1 Å². The largest absolute Gasteiger partial charge is 0.493 e. The van der Waals surface area contributed by atoms with Gasteiger partial charge in [0.05, 0.1) is 17.9 Å². The van der Waals surface area contributed by atoms with Crippen molar-refractivity contribution in [3.63, 3.8) is 0 Å². The SMILES string of the molecule is CNCC1CCCN(C(=O)CCOc2ccc(S(C)(=O)=O)cc2)C1. The zero-order valence-corrected chi connectivity index (χ0v) is 15.1. The number of carbonyl (C=O) groups excluding carboxylic acids is 1. The van der Waals surface area contributed by atoms with Gasteiger partial charge >= 0.3 is 0 Å². The molecule has 0 radical (unpaired) electrons. The molecule has 1 atom stereocenters. The Bertz CT molecular complexity index is 641. The van der Waals surface area contributed by atoms with Crippen molar-refractivity contribution in [2.75, 3.05) is 39.5 Å². The number of benzene rings is 1. The first kappa shape index (κ1) is 18.7. The van der Waals surface area contributed by atoms with E-state index in [4.69, 9.17) is 4.74 Å². The van der Waals surface area contributed by atoms with Gasteiger partial charge in [-0.25, -0.2) is 8.42 Å². The van der Waals surface area contributed by atoms with Crippen molar-refractivity contribution in [3.8, 4) is 5.75 Å². The lowest BCUT2D eigenvalue weighted by Crippen LogP contribution is -2.42. The van der Waals surface area contributed by atoms with Crippen molar-refractivity contribution in [2.24, 2.45) is 5.92 Å². The van der Waals surface area contributed by atoms with Gasteiger partial charge in [-0.2, -0.15) is 0 Å². The molecule has 1 unspecified atom stereocenters. The molecule has 1 amide bonds. The average molecular weight is 354 g/mol. The van der Waals surface area contributed by atoms with E-state index in [0.29, 0.717) is 24.7 Å². The summed E-state index contributed by atoms with van der Waals surface area (Å²) in [5.41, 5.74) is 0. The Morgan fingerprint density at radius 1 is 1.33 bits per heavy atom. The summed E-state index contributed by atoms with van der Waals surface area (Å²) in [4.78, 5) is 14.4. The molecule has 1 aliphatic rings. The average Bonchev–Trinajstić information content (AvgIpc) is 2.55. The molecule has 1 aromatic rings. The Morgan fingerprint density at radius 3 is 2.67 bits per heavy atom. The summed E-state index contributed by atoms with van der Waals surface area (Å²) in [7, 11) is -1.27. The third-order valence-electron chi connectivity index (χ3n) is 4.20. The highest BCUT2D eigenvalue weighted by molar-refractivity contribution is 7.90. The number of hydrogen-bond donors (Lipinski definition) is 1. The highest BCUT2D eigenvalue weighted by Crippen LogP contribution is 2.18. The number of amides is 1. The molecule has 24 heavy (non-hydrogen) atoms. The van der Waals surface area contributed by atoms with Crippen molar-refractivity contribution < 1.29 is 17.9 Å². The molecule has 0 bridgehead atoms. The molecular formula is C17H26N2O4S. The van der Waals surface area contributed by atoms with E-state index in [0.717, 1.165) is 32.5 Å². The second kappa shape index (κ2) is 8.48. The number of likely N-dealkylation sites (tertiary alicyclic amines) is 1. The van der Waals surface area contributed by atoms with Crippen molar-refractivity contribution in [1.29, 1.82) is 0 Å². The molecule has 1 fully saturated rings. The van der Waals surface area contributed by atoms with Crippen molar-refractivity contribution >= 4 is 15.7 Å². The predicted molar refractivity (Wildman–Crippen MR) is 92.9 cm³/mol. The van der Waals surface area contributed by atoms with Crippen LogP contribution in [0.25, 0.3) is 0 Å². The van der Waals surface area contributed by atoms with Gasteiger partial charge in [0, 0.05) is 19.3 Å². The van der Waals surface area contributed by atoms with Crippen LogP contribution in [0.1, 0.15) is 19.3 Å². The molecule has 1 saturated heterocycles. The minimum atomic E-state index is -3.20. The number of carbonyl (C=O) groups is 1. The first-order valence-electron chi connectivity index (χ1n) is 8.25. The molecular weight excluding hydrogens is 328 g/mol. The van der Waals surface area contributed by atoms with Gasteiger partial charge in [-0.3, -0.25) is 4.79 Å². The van der Waals surface area contributed by atoms with Gasteiger partial charge in [-0.15, -0.1) is 0 Å². The normalized spacial score (nSPS) is 18.4. The van der Waals surface area contributed by atoms with Crippen LogP contribution in [0.5, 0.6) is 5.75 Å². The fourth-order valence-electron chi connectivity index (χ4n) is 2.94. The van der Waals surface area contributed by atoms with Crippen molar-refractivity contribution in [3.05, 3.63) is 24.3 Å². The number of ether oxygens (including phenoxy) is 1. The van der Waals surface area contributed by atoms with E-state index in [2.05, 4.69) is 5.32 Å². The van der Waals surface area contributed by atoms with Crippen molar-refractivity contribution in [1.82, 2.24) is 10.2 Å². The first-order chi connectivity index (χ1) is 11.4. The Kier molecular flexibility index (Phi) is 6.62. The molecule has 134 valence electrons. The summed E-state index contributed by atoms with van der Waals surface area (Å²) >= 11 is 0. The standard InChI is InChI=1S/C17H26N2O4S/c1-18-12-14-4-3-10-19(13-14)17(20)9-11-23-15-5-7-16(8-6-15)24(2,21)22/h5-8,14,18H,3-4,9-13H2,1-2H3.